The van der Waals surface area contributed by atoms with Gasteiger partial charge in [0.25, 0.3) is 0 Å². The lowest BCUT2D eigenvalue weighted by atomic mass is 10.1. The standard InChI is InChI=1S/C13H12.C3H8.3C2H6/c1-3-7-12(8-4-1)11-13-9-5-2-6-10-13;1-3-2;3*1-2/h1-10H,11H2;3H2,1-2H3;3*1-2H3. The molecule has 0 aliphatic carbocycles. The Morgan fingerprint density at radius 2 is 0.727 bits per heavy atom. The van der Waals surface area contributed by atoms with Crippen LogP contribution in [0, 0.1) is 0 Å². The fourth-order valence-electron chi connectivity index (χ4n) is 1.43. The smallest absolute Gasteiger partial charge is 0.00258 e. The molecule has 0 unspecified atom stereocenters. The summed E-state index contributed by atoms with van der Waals surface area (Å²) >= 11 is 0. The van der Waals surface area contributed by atoms with Crippen molar-refractivity contribution in [3.05, 3.63) is 71.8 Å². The van der Waals surface area contributed by atoms with Crippen molar-refractivity contribution in [2.45, 2.75) is 68.2 Å². The predicted molar refractivity (Wildman–Crippen MR) is 106 cm³/mol. The van der Waals surface area contributed by atoms with Crippen LogP contribution in [0.5, 0.6) is 0 Å². The van der Waals surface area contributed by atoms with Crippen LogP contribution in [0.2, 0.25) is 0 Å². The van der Waals surface area contributed by atoms with Crippen molar-refractivity contribution >= 4 is 0 Å². The van der Waals surface area contributed by atoms with E-state index in [9.17, 15) is 0 Å². The van der Waals surface area contributed by atoms with E-state index in [1.54, 1.807) is 0 Å². The van der Waals surface area contributed by atoms with Gasteiger partial charge in [0.2, 0.25) is 0 Å². The number of hydrogen-bond acceptors (Lipinski definition) is 0. The van der Waals surface area contributed by atoms with Gasteiger partial charge < -0.3 is 0 Å². The number of benzene rings is 2. The molecule has 0 saturated heterocycles. The zero-order valence-corrected chi connectivity index (χ0v) is 16.2. The highest BCUT2D eigenvalue weighted by Crippen LogP contribution is 2.07. The summed E-state index contributed by atoms with van der Waals surface area (Å²) in [5.74, 6) is 0. The van der Waals surface area contributed by atoms with E-state index >= 15 is 0 Å². The molecule has 0 aliphatic rings. The fraction of sp³-hybridized carbons (Fsp3) is 0.455. The van der Waals surface area contributed by atoms with E-state index in [4.69, 9.17) is 0 Å². The third kappa shape index (κ3) is 16.5. The molecule has 0 atom stereocenters. The lowest BCUT2D eigenvalue weighted by Gasteiger charge is -2.00. The van der Waals surface area contributed by atoms with Crippen LogP contribution in [0.3, 0.4) is 0 Å². The van der Waals surface area contributed by atoms with Crippen LogP contribution in [0.1, 0.15) is 72.9 Å². The Labute approximate surface area is 140 Å². The third-order valence-electron chi connectivity index (χ3n) is 2.09. The Morgan fingerprint density at radius 3 is 0.955 bits per heavy atom. The first-order valence-corrected chi connectivity index (χ1v) is 8.94. The lowest BCUT2D eigenvalue weighted by Crippen LogP contribution is -1.85. The third-order valence-corrected chi connectivity index (χ3v) is 2.09. The predicted octanol–water partition coefficient (Wildman–Crippen LogP) is 7.77. The van der Waals surface area contributed by atoms with Crippen molar-refractivity contribution in [1.29, 1.82) is 0 Å². The molecular weight excluding hydrogens is 264 g/mol. The quantitative estimate of drug-likeness (QED) is 0.531. The van der Waals surface area contributed by atoms with Crippen molar-refractivity contribution < 1.29 is 0 Å². The van der Waals surface area contributed by atoms with Crippen LogP contribution in [-0.4, -0.2) is 0 Å². The first-order chi connectivity index (χ1) is 10.9. The van der Waals surface area contributed by atoms with Gasteiger partial charge >= 0.3 is 0 Å². The van der Waals surface area contributed by atoms with E-state index in [0.717, 1.165) is 6.42 Å². The fourth-order valence-corrected chi connectivity index (χ4v) is 1.43. The molecule has 2 aromatic rings. The van der Waals surface area contributed by atoms with Crippen LogP contribution in [0.4, 0.5) is 0 Å². The first kappa shape index (κ1) is 25.4. The molecule has 0 saturated carbocycles. The first-order valence-electron chi connectivity index (χ1n) is 8.94. The average Bonchev–Trinajstić information content (AvgIpc) is 2.63. The molecule has 0 radical (unpaired) electrons. The topological polar surface area (TPSA) is 0 Å². The molecule has 2 aromatic carbocycles. The zero-order valence-electron chi connectivity index (χ0n) is 16.2. The van der Waals surface area contributed by atoms with Crippen molar-refractivity contribution in [3.63, 3.8) is 0 Å². The maximum absolute atomic E-state index is 2.16. The molecule has 126 valence electrons. The van der Waals surface area contributed by atoms with E-state index in [1.165, 1.54) is 17.5 Å². The molecule has 0 heteroatoms. The van der Waals surface area contributed by atoms with E-state index in [2.05, 4.69) is 74.5 Å². The molecule has 0 fully saturated rings. The molecule has 0 aromatic heterocycles. The van der Waals surface area contributed by atoms with Crippen molar-refractivity contribution in [3.8, 4) is 0 Å². The number of rotatable bonds is 2. The van der Waals surface area contributed by atoms with Crippen molar-refractivity contribution in [2.75, 3.05) is 0 Å². The monoisotopic (exact) mass is 302 g/mol. The zero-order chi connectivity index (χ0) is 17.6. The van der Waals surface area contributed by atoms with Gasteiger partial charge in [-0.1, -0.05) is 122 Å². The van der Waals surface area contributed by atoms with Gasteiger partial charge in [0.05, 0.1) is 0 Å². The SMILES string of the molecule is CC.CC.CC.CCC.c1ccc(Cc2ccccc2)cc1. The van der Waals surface area contributed by atoms with Crippen LogP contribution in [-0.2, 0) is 6.42 Å². The van der Waals surface area contributed by atoms with Crippen molar-refractivity contribution in [1.82, 2.24) is 0 Å². The summed E-state index contributed by atoms with van der Waals surface area (Å²) in [4.78, 5) is 0. The Morgan fingerprint density at radius 1 is 0.500 bits per heavy atom. The summed E-state index contributed by atoms with van der Waals surface area (Å²) in [6.45, 7) is 16.2. The molecule has 0 N–H and O–H groups in total. The summed E-state index contributed by atoms with van der Waals surface area (Å²) in [7, 11) is 0. The Hall–Kier alpha value is -1.56. The normalized spacial score (nSPS) is 7.45. The van der Waals surface area contributed by atoms with Crippen LogP contribution in [0.15, 0.2) is 60.7 Å². The highest BCUT2D eigenvalue weighted by atomic mass is 14.0. The Kier molecular flexibility index (Phi) is 28.2. The summed E-state index contributed by atoms with van der Waals surface area (Å²) in [6, 6.07) is 21.1. The number of hydrogen-bond donors (Lipinski definition) is 0. The van der Waals surface area contributed by atoms with Gasteiger partial charge in [0.1, 0.15) is 0 Å². The Balaban J connectivity index is -0.000000344. The van der Waals surface area contributed by atoms with Gasteiger partial charge in [-0.05, 0) is 17.5 Å². The molecule has 0 aliphatic heterocycles. The van der Waals surface area contributed by atoms with E-state index < -0.39 is 0 Å². The van der Waals surface area contributed by atoms with Gasteiger partial charge in [-0.25, -0.2) is 0 Å². The molecule has 0 bridgehead atoms. The highest BCUT2D eigenvalue weighted by Gasteiger charge is 1.92. The summed E-state index contributed by atoms with van der Waals surface area (Å²) < 4.78 is 0. The van der Waals surface area contributed by atoms with Gasteiger partial charge in [-0.2, -0.15) is 0 Å². The van der Waals surface area contributed by atoms with E-state index in [-0.39, 0.29) is 0 Å². The average molecular weight is 303 g/mol. The molecule has 0 nitrogen and oxygen atoms in total. The lowest BCUT2D eigenvalue weighted by molar-refractivity contribution is 1.09. The van der Waals surface area contributed by atoms with E-state index in [0.29, 0.717) is 0 Å². The van der Waals surface area contributed by atoms with Gasteiger partial charge in [-0.3, -0.25) is 0 Å². The second-order valence-electron chi connectivity index (χ2n) is 3.86. The van der Waals surface area contributed by atoms with E-state index in [1.807, 2.05) is 41.5 Å². The minimum absolute atomic E-state index is 1.03. The second kappa shape index (κ2) is 24.5. The van der Waals surface area contributed by atoms with Crippen LogP contribution >= 0.6 is 0 Å². The molecule has 22 heavy (non-hydrogen) atoms. The molecule has 0 spiro atoms. The van der Waals surface area contributed by atoms with Gasteiger partial charge in [-0.15, -0.1) is 0 Å². The maximum atomic E-state index is 2.16. The largest absolute Gasteiger partial charge is 0.0683 e. The molecule has 0 amide bonds. The minimum Gasteiger partial charge on any atom is -0.0683 e. The summed E-state index contributed by atoms with van der Waals surface area (Å²) in [5.41, 5.74) is 2.74. The second-order valence-corrected chi connectivity index (χ2v) is 3.86. The minimum atomic E-state index is 1.03. The van der Waals surface area contributed by atoms with Crippen LogP contribution in [0.25, 0.3) is 0 Å². The molecule has 2 rings (SSSR count). The van der Waals surface area contributed by atoms with Gasteiger partial charge in [0.15, 0.2) is 0 Å². The van der Waals surface area contributed by atoms with Crippen molar-refractivity contribution in [2.24, 2.45) is 0 Å². The highest BCUT2D eigenvalue weighted by molar-refractivity contribution is 5.25. The summed E-state index contributed by atoms with van der Waals surface area (Å²) in [6.07, 6.45) is 2.28. The maximum Gasteiger partial charge on any atom is -0.00258 e. The summed E-state index contributed by atoms with van der Waals surface area (Å²) in [5, 5.41) is 0. The molecular formula is C22H38. The van der Waals surface area contributed by atoms with Crippen LogP contribution < -0.4 is 0 Å². The molecule has 0 heterocycles. The Bertz CT molecular complexity index is 324. The van der Waals surface area contributed by atoms with Gasteiger partial charge in [0, 0.05) is 0 Å².